The Kier molecular flexibility index (Phi) is 6.25. The first-order valence-corrected chi connectivity index (χ1v) is 6.81. The smallest absolute Gasteiger partial charge is 0.317 e. The van der Waals surface area contributed by atoms with E-state index in [0.29, 0.717) is 19.6 Å². The van der Waals surface area contributed by atoms with Gasteiger partial charge < -0.3 is 15.3 Å². The summed E-state index contributed by atoms with van der Waals surface area (Å²) in [5, 5.41) is 11.9. The van der Waals surface area contributed by atoms with Gasteiger partial charge in [0.25, 0.3) is 0 Å². The van der Waals surface area contributed by atoms with Crippen LogP contribution >= 0.6 is 0 Å². The van der Waals surface area contributed by atoms with Gasteiger partial charge in [-0.2, -0.15) is 0 Å². The van der Waals surface area contributed by atoms with Crippen LogP contribution in [0.15, 0.2) is 43.0 Å². The quantitative estimate of drug-likeness (QED) is 0.750. The lowest BCUT2D eigenvalue weighted by Gasteiger charge is -2.28. The first kappa shape index (κ1) is 16.2. The molecule has 4 heteroatoms. The number of benzene rings is 1. The predicted octanol–water partition coefficient (Wildman–Crippen LogP) is 2.15. The molecule has 2 amide bonds. The average Bonchev–Trinajstić information content (AvgIpc) is 2.45. The molecule has 0 bridgehead atoms. The van der Waals surface area contributed by atoms with Crippen LogP contribution in [0, 0.1) is 0 Å². The summed E-state index contributed by atoms with van der Waals surface area (Å²) in [5.41, 5.74) is 1.04. The molecule has 0 saturated carbocycles. The van der Waals surface area contributed by atoms with Gasteiger partial charge in [-0.25, -0.2) is 4.79 Å². The largest absolute Gasteiger partial charge is 0.395 e. The van der Waals surface area contributed by atoms with Crippen LogP contribution in [0.5, 0.6) is 0 Å². The van der Waals surface area contributed by atoms with Gasteiger partial charge in [0.2, 0.25) is 0 Å². The number of hydrogen-bond acceptors (Lipinski definition) is 2. The Bertz CT molecular complexity index is 429. The van der Waals surface area contributed by atoms with Crippen LogP contribution < -0.4 is 5.32 Å². The van der Waals surface area contributed by atoms with E-state index in [4.69, 9.17) is 5.11 Å². The van der Waals surface area contributed by atoms with Crippen molar-refractivity contribution in [1.82, 2.24) is 10.2 Å². The van der Waals surface area contributed by atoms with Crippen molar-refractivity contribution in [3.63, 3.8) is 0 Å². The molecule has 1 aromatic carbocycles. The molecule has 110 valence electrons. The van der Waals surface area contributed by atoms with E-state index in [1.807, 2.05) is 18.2 Å². The molecule has 0 saturated heterocycles. The Morgan fingerprint density at radius 3 is 2.60 bits per heavy atom. The van der Waals surface area contributed by atoms with E-state index in [1.165, 1.54) is 10.5 Å². The van der Waals surface area contributed by atoms with Crippen molar-refractivity contribution in [2.45, 2.75) is 19.3 Å². The summed E-state index contributed by atoms with van der Waals surface area (Å²) in [4.78, 5) is 13.6. The van der Waals surface area contributed by atoms with Gasteiger partial charge in [0.1, 0.15) is 0 Å². The minimum atomic E-state index is -0.178. The van der Waals surface area contributed by atoms with Crippen LogP contribution in [0.4, 0.5) is 4.79 Å². The molecule has 4 nitrogen and oxygen atoms in total. The fourth-order valence-corrected chi connectivity index (χ4v) is 1.95. The van der Waals surface area contributed by atoms with Gasteiger partial charge in [0.15, 0.2) is 0 Å². The van der Waals surface area contributed by atoms with Crippen LogP contribution in [0.3, 0.4) is 0 Å². The van der Waals surface area contributed by atoms with Crippen molar-refractivity contribution in [3.8, 4) is 0 Å². The summed E-state index contributed by atoms with van der Waals surface area (Å²) in [6.45, 7) is 9.02. The summed E-state index contributed by atoms with van der Waals surface area (Å²) < 4.78 is 0. The Hall–Kier alpha value is -1.81. The molecule has 0 fully saturated rings. The number of nitrogens with one attached hydrogen (secondary N) is 1. The number of nitrogens with zero attached hydrogens (tertiary/aromatic N) is 1. The lowest BCUT2D eigenvalue weighted by molar-refractivity contribution is 0.182. The molecule has 1 aromatic rings. The molecule has 0 aliphatic carbocycles. The highest BCUT2D eigenvalue weighted by molar-refractivity contribution is 5.74. The van der Waals surface area contributed by atoms with Gasteiger partial charge in [0.05, 0.1) is 6.61 Å². The maximum Gasteiger partial charge on any atom is 0.317 e. The highest BCUT2D eigenvalue weighted by Gasteiger charge is 2.22. The van der Waals surface area contributed by atoms with Gasteiger partial charge >= 0.3 is 6.03 Å². The molecule has 0 heterocycles. The first-order valence-electron chi connectivity index (χ1n) is 6.81. The number of carbonyl (C=O) groups is 1. The highest BCUT2D eigenvalue weighted by atomic mass is 16.3. The van der Waals surface area contributed by atoms with E-state index in [2.05, 4.69) is 37.9 Å². The summed E-state index contributed by atoms with van der Waals surface area (Å²) in [5.74, 6) is 0. The summed E-state index contributed by atoms with van der Waals surface area (Å²) in [7, 11) is 0. The minimum Gasteiger partial charge on any atom is -0.395 e. The lowest BCUT2D eigenvalue weighted by Crippen LogP contribution is -2.45. The molecular formula is C16H24N2O2. The van der Waals surface area contributed by atoms with Crippen LogP contribution in [0.1, 0.15) is 19.4 Å². The summed E-state index contributed by atoms with van der Waals surface area (Å²) >= 11 is 0. The second kappa shape index (κ2) is 7.70. The molecule has 0 unspecified atom stereocenters. The zero-order valence-electron chi connectivity index (χ0n) is 12.3. The summed E-state index contributed by atoms with van der Waals surface area (Å²) in [6, 6.07) is 9.90. The average molecular weight is 276 g/mol. The number of amides is 2. The normalized spacial score (nSPS) is 10.9. The van der Waals surface area contributed by atoms with Crippen LogP contribution in [0.2, 0.25) is 0 Å². The maximum atomic E-state index is 12.1. The lowest BCUT2D eigenvalue weighted by atomic mass is 9.85. The van der Waals surface area contributed by atoms with Crippen LogP contribution in [0.25, 0.3) is 0 Å². The third-order valence-electron chi connectivity index (χ3n) is 3.24. The van der Waals surface area contributed by atoms with E-state index in [-0.39, 0.29) is 18.1 Å². The Labute approximate surface area is 121 Å². The predicted molar refractivity (Wildman–Crippen MR) is 81.7 cm³/mol. The Morgan fingerprint density at radius 1 is 1.40 bits per heavy atom. The molecule has 0 spiro atoms. The van der Waals surface area contributed by atoms with Gasteiger partial charge in [-0.05, 0) is 5.56 Å². The number of aliphatic hydroxyl groups is 1. The van der Waals surface area contributed by atoms with Crippen molar-refractivity contribution < 1.29 is 9.90 Å². The van der Waals surface area contributed by atoms with E-state index in [0.717, 1.165) is 0 Å². The number of urea groups is 1. The molecule has 2 N–H and O–H groups in total. The minimum absolute atomic E-state index is 0.0522. The van der Waals surface area contributed by atoms with Crippen LogP contribution in [-0.2, 0) is 5.41 Å². The number of aliphatic hydroxyl groups excluding tert-OH is 1. The number of hydrogen-bond donors (Lipinski definition) is 2. The van der Waals surface area contributed by atoms with Crippen molar-refractivity contribution in [2.75, 3.05) is 26.2 Å². The third kappa shape index (κ3) is 4.70. The SMILES string of the molecule is C=CCN(CCO)C(=O)NCC(C)(C)c1ccccc1. The van der Waals surface area contributed by atoms with Crippen molar-refractivity contribution >= 4 is 6.03 Å². The zero-order chi connectivity index (χ0) is 15.0. The molecule has 0 aromatic heterocycles. The first-order chi connectivity index (χ1) is 9.51. The standard InChI is InChI=1S/C16H24N2O2/c1-4-10-18(11-12-19)15(20)17-13-16(2,3)14-8-6-5-7-9-14/h4-9,19H,1,10-13H2,2-3H3,(H,17,20). The van der Waals surface area contributed by atoms with E-state index < -0.39 is 0 Å². The molecule has 0 aliphatic heterocycles. The molecule has 1 rings (SSSR count). The van der Waals surface area contributed by atoms with Gasteiger partial charge in [-0.15, -0.1) is 6.58 Å². The third-order valence-corrected chi connectivity index (χ3v) is 3.24. The van der Waals surface area contributed by atoms with Crippen molar-refractivity contribution in [3.05, 3.63) is 48.6 Å². The molecule has 0 aliphatic rings. The molecule has 0 radical (unpaired) electrons. The maximum absolute atomic E-state index is 12.1. The monoisotopic (exact) mass is 276 g/mol. The molecular weight excluding hydrogens is 252 g/mol. The van der Waals surface area contributed by atoms with Crippen molar-refractivity contribution in [1.29, 1.82) is 0 Å². The second-order valence-corrected chi connectivity index (χ2v) is 5.37. The van der Waals surface area contributed by atoms with E-state index in [9.17, 15) is 4.79 Å². The van der Waals surface area contributed by atoms with Crippen LogP contribution in [-0.4, -0.2) is 42.3 Å². The van der Waals surface area contributed by atoms with Gasteiger partial charge in [0, 0.05) is 25.0 Å². The molecule has 0 atom stereocenters. The topological polar surface area (TPSA) is 52.6 Å². The van der Waals surface area contributed by atoms with Gasteiger partial charge in [-0.1, -0.05) is 50.3 Å². The second-order valence-electron chi connectivity index (χ2n) is 5.37. The number of rotatable bonds is 7. The van der Waals surface area contributed by atoms with E-state index >= 15 is 0 Å². The van der Waals surface area contributed by atoms with Gasteiger partial charge in [-0.3, -0.25) is 0 Å². The Balaban J connectivity index is 2.60. The highest BCUT2D eigenvalue weighted by Crippen LogP contribution is 2.21. The fourth-order valence-electron chi connectivity index (χ4n) is 1.95. The number of carbonyl (C=O) groups excluding carboxylic acids is 1. The van der Waals surface area contributed by atoms with E-state index in [1.54, 1.807) is 6.08 Å². The summed E-state index contributed by atoms with van der Waals surface area (Å²) in [6.07, 6.45) is 1.65. The Morgan fingerprint density at radius 2 is 2.05 bits per heavy atom. The fraction of sp³-hybridized carbons (Fsp3) is 0.438. The zero-order valence-corrected chi connectivity index (χ0v) is 12.3. The molecule has 20 heavy (non-hydrogen) atoms. The van der Waals surface area contributed by atoms with Crippen molar-refractivity contribution in [2.24, 2.45) is 0 Å².